The van der Waals surface area contributed by atoms with Crippen LogP contribution in [0.1, 0.15) is 56.0 Å². The normalized spacial score (nSPS) is 17.8. The van der Waals surface area contributed by atoms with Gasteiger partial charge in [0, 0.05) is 31.6 Å². The SMILES string of the molecule is CNCC1CCCN(C(=O)CCNC(=O)c2ccc(C(C)(C)C)cc2)C1. The highest BCUT2D eigenvalue weighted by molar-refractivity contribution is 5.94. The molecule has 2 amide bonds. The molecule has 1 heterocycles. The van der Waals surface area contributed by atoms with E-state index in [1.807, 2.05) is 36.2 Å². The van der Waals surface area contributed by atoms with E-state index in [1.165, 1.54) is 12.0 Å². The van der Waals surface area contributed by atoms with Crippen molar-refractivity contribution in [3.63, 3.8) is 0 Å². The van der Waals surface area contributed by atoms with Crippen LogP contribution < -0.4 is 10.6 Å². The monoisotopic (exact) mass is 359 g/mol. The second kappa shape index (κ2) is 9.17. The van der Waals surface area contributed by atoms with Crippen LogP contribution in [0.4, 0.5) is 0 Å². The molecule has 2 N–H and O–H groups in total. The number of benzene rings is 1. The van der Waals surface area contributed by atoms with Gasteiger partial charge in [-0.2, -0.15) is 0 Å². The van der Waals surface area contributed by atoms with Crippen LogP contribution in [0.2, 0.25) is 0 Å². The van der Waals surface area contributed by atoms with Crippen LogP contribution in [0, 0.1) is 5.92 Å². The van der Waals surface area contributed by atoms with E-state index >= 15 is 0 Å². The van der Waals surface area contributed by atoms with Gasteiger partial charge in [0.25, 0.3) is 5.91 Å². The van der Waals surface area contributed by atoms with E-state index in [0.29, 0.717) is 24.4 Å². The standard InChI is InChI=1S/C21H33N3O2/c1-21(2,3)18-9-7-17(8-10-18)20(26)23-12-11-19(25)24-13-5-6-16(15-24)14-22-4/h7-10,16,22H,5-6,11-15H2,1-4H3,(H,23,26). The van der Waals surface area contributed by atoms with E-state index in [9.17, 15) is 9.59 Å². The van der Waals surface area contributed by atoms with Crippen molar-refractivity contribution in [1.29, 1.82) is 0 Å². The number of carbonyl (C=O) groups is 2. The lowest BCUT2D eigenvalue weighted by molar-refractivity contribution is -0.132. The number of nitrogens with one attached hydrogen (secondary N) is 2. The van der Waals surface area contributed by atoms with Crippen molar-refractivity contribution in [2.75, 3.05) is 33.2 Å². The van der Waals surface area contributed by atoms with E-state index in [1.54, 1.807) is 0 Å². The van der Waals surface area contributed by atoms with Gasteiger partial charge in [-0.15, -0.1) is 0 Å². The van der Waals surface area contributed by atoms with Crippen LogP contribution in [0.15, 0.2) is 24.3 Å². The van der Waals surface area contributed by atoms with Crippen LogP contribution in [0.25, 0.3) is 0 Å². The molecule has 0 aliphatic carbocycles. The Labute approximate surface area is 157 Å². The second-order valence-corrected chi connectivity index (χ2v) is 8.24. The molecule has 5 nitrogen and oxygen atoms in total. The molecule has 1 aliphatic heterocycles. The minimum absolute atomic E-state index is 0.0705. The fourth-order valence-corrected chi connectivity index (χ4v) is 3.41. The van der Waals surface area contributed by atoms with Gasteiger partial charge in [0.1, 0.15) is 0 Å². The Morgan fingerprint density at radius 3 is 2.50 bits per heavy atom. The van der Waals surface area contributed by atoms with E-state index in [2.05, 4.69) is 31.4 Å². The summed E-state index contributed by atoms with van der Waals surface area (Å²) in [5.74, 6) is 0.549. The highest BCUT2D eigenvalue weighted by atomic mass is 16.2. The number of nitrogens with zero attached hydrogens (tertiary/aromatic N) is 1. The maximum absolute atomic E-state index is 12.4. The Kier molecular flexibility index (Phi) is 7.21. The van der Waals surface area contributed by atoms with Crippen molar-refractivity contribution in [1.82, 2.24) is 15.5 Å². The summed E-state index contributed by atoms with van der Waals surface area (Å²) in [6.07, 6.45) is 2.59. The van der Waals surface area contributed by atoms with Crippen molar-refractivity contribution in [2.45, 2.75) is 45.4 Å². The average molecular weight is 360 g/mol. The van der Waals surface area contributed by atoms with E-state index in [-0.39, 0.29) is 17.2 Å². The van der Waals surface area contributed by atoms with Crippen LogP contribution in [-0.2, 0) is 10.2 Å². The van der Waals surface area contributed by atoms with Gasteiger partial charge < -0.3 is 15.5 Å². The Morgan fingerprint density at radius 1 is 1.19 bits per heavy atom. The molecule has 1 aliphatic rings. The van der Waals surface area contributed by atoms with E-state index in [4.69, 9.17) is 0 Å². The summed E-state index contributed by atoms with van der Waals surface area (Å²) in [7, 11) is 1.95. The Balaban J connectivity index is 1.78. The quantitative estimate of drug-likeness (QED) is 0.821. The third-order valence-electron chi connectivity index (χ3n) is 5.00. The van der Waals surface area contributed by atoms with E-state index < -0.39 is 0 Å². The summed E-state index contributed by atoms with van der Waals surface area (Å²) in [6, 6.07) is 7.70. The molecule has 0 bridgehead atoms. The lowest BCUT2D eigenvalue weighted by atomic mass is 9.87. The summed E-state index contributed by atoms with van der Waals surface area (Å²) in [6.45, 7) is 9.43. The number of likely N-dealkylation sites (tertiary alicyclic amines) is 1. The first-order valence-electron chi connectivity index (χ1n) is 9.62. The van der Waals surface area contributed by atoms with Crippen molar-refractivity contribution in [3.8, 4) is 0 Å². The molecule has 0 aromatic heterocycles. The average Bonchev–Trinajstić information content (AvgIpc) is 2.61. The number of rotatable bonds is 6. The molecular weight excluding hydrogens is 326 g/mol. The topological polar surface area (TPSA) is 61.4 Å². The maximum Gasteiger partial charge on any atom is 0.251 e. The minimum Gasteiger partial charge on any atom is -0.352 e. The number of piperidine rings is 1. The molecule has 1 aromatic carbocycles. The zero-order chi connectivity index (χ0) is 19.2. The van der Waals surface area contributed by atoms with Crippen molar-refractivity contribution >= 4 is 11.8 Å². The predicted octanol–water partition coefficient (Wildman–Crippen LogP) is 2.56. The van der Waals surface area contributed by atoms with Gasteiger partial charge >= 0.3 is 0 Å². The van der Waals surface area contributed by atoms with Gasteiger partial charge in [-0.05, 0) is 55.5 Å². The molecule has 1 unspecified atom stereocenters. The molecule has 144 valence electrons. The highest BCUT2D eigenvalue weighted by Crippen LogP contribution is 2.22. The van der Waals surface area contributed by atoms with Crippen molar-refractivity contribution < 1.29 is 9.59 Å². The van der Waals surface area contributed by atoms with Gasteiger partial charge in [0.2, 0.25) is 5.91 Å². The zero-order valence-corrected chi connectivity index (χ0v) is 16.6. The summed E-state index contributed by atoms with van der Waals surface area (Å²) in [4.78, 5) is 26.6. The second-order valence-electron chi connectivity index (χ2n) is 8.24. The molecule has 26 heavy (non-hydrogen) atoms. The summed E-state index contributed by atoms with van der Waals surface area (Å²) in [5.41, 5.74) is 1.91. The zero-order valence-electron chi connectivity index (χ0n) is 16.6. The largest absolute Gasteiger partial charge is 0.352 e. The van der Waals surface area contributed by atoms with Crippen molar-refractivity contribution in [3.05, 3.63) is 35.4 Å². The lowest BCUT2D eigenvalue weighted by Crippen LogP contribution is -2.43. The van der Waals surface area contributed by atoms with Crippen molar-refractivity contribution in [2.24, 2.45) is 5.92 Å². The Hall–Kier alpha value is -1.88. The van der Waals surface area contributed by atoms with Crippen LogP contribution >= 0.6 is 0 Å². The Morgan fingerprint density at radius 2 is 1.88 bits per heavy atom. The number of hydrogen-bond donors (Lipinski definition) is 2. The fourth-order valence-electron chi connectivity index (χ4n) is 3.41. The smallest absolute Gasteiger partial charge is 0.251 e. The summed E-state index contributed by atoms with van der Waals surface area (Å²) < 4.78 is 0. The third kappa shape index (κ3) is 5.84. The molecule has 0 saturated carbocycles. The third-order valence-corrected chi connectivity index (χ3v) is 5.00. The number of carbonyl (C=O) groups excluding carboxylic acids is 2. The molecule has 1 fully saturated rings. The van der Waals surface area contributed by atoms with Gasteiger partial charge in [-0.1, -0.05) is 32.9 Å². The fraction of sp³-hybridized carbons (Fsp3) is 0.619. The molecule has 1 aromatic rings. The lowest BCUT2D eigenvalue weighted by Gasteiger charge is -2.32. The molecule has 2 rings (SSSR count). The first-order chi connectivity index (χ1) is 12.3. The van der Waals surface area contributed by atoms with Crippen LogP contribution in [0.3, 0.4) is 0 Å². The molecule has 1 atom stereocenters. The highest BCUT2D eigenvalue weighted by Gasteiger charge is 2.23. The van der Waals surface area contributed by atoms with Gasteiger partial charge in [0.15, 0.2) is 0 Å². The molecule has 0 radical (unpaired) electrons. The summed E-state index contributed by atoms with van der Waals surface area (Å²) in [5, 5.41) is 6.06. The van der Waals surface area contributed by atoms with Gasteiger partial charge in [-0.25, -0.2) is 0 Å². The number of hydrogen-bond acceptors (Lipinski definition) is 3. The first kappa shape index (κ1) is 20.4. The summed E-state index contributed by atoms with van der Waals surface area (Å²) >= 11 is 0. The van der Waals surface area contributed by atoms with Crippen LogP contribution in [-0.4, -0.2) is 49.9 Å². The Bertz CT molecular complexity index is 603. The molecule has 1 saturated heterocycles. The van der Waals surface area contributed by atoms with Gasteiger partial charge in [0.05, 0.1) is 0 Å². The van der Waals surface area contributed by atoms with Gasteiger partial charge in [-0.3, -0.25) is 9.59 Å². The predicted molar refractivity (Wildman–Crippen MR) is 105 cm³/mol. The number of amides is 2. The maximum atomic E-state index is 12.4. The molecular formula is C21H33N3O2. The van der Waals surface area contributed by atoms with E-state index in [0.717, 1.165) is 26.1 Å². The minimum atomic E-state index is -0.120. The first-order valence-corrected chi connectivity index (χ1v) is 9.62. The molecule has 0 spiro atoms. The van der Waals surface area contributed by atoms with Crippen LogP contribution in [0.5, 0.6) is 0 Å². The molecule has 5 heteroatoms.